The molecule has 104 valence electrons. The fourth-order valence-corrected chi connectivity index (χ4v) is 2.13. The zero-order valence-electron chi connectivity index (χ0n) is 10.8. The fraction of sp³-hybridized carbons (Fsp3) is 0.538. The second kappa shape index (κ2) is 6.10. The van der Waals surface area contributed by atoms with Gasteiger partial charge in [0.05, 0.1) is 17.8 Å². The number of hydrogen-bond acceptors (Lipinski definition) is 5. The Morgan fingerprint density at radius 3 is 2.89 bits per heavy atom. The van der Waals surface area contributed by atoms with Crippen molar-refractivity contribution in [2.75, 3.05) is 19.8 Å². The number of aliphatic hydroxyl groups excluding tert-OH is 1. The molecule has 0 spiro atoms. The maximum atomic E-state index is 12.2. The lowest BCUT2D eigenvalue weighted by molar-refractivity contribution is 0.0125. The molecule has 0 saturated carbocycles. The van der Waals surface area contributed by atoms with Crippen LogP contribution >= 0.6 is 0 Å². The van der Waals surface area contributed by atoms with E-state index in [2.05, 4.69) is 10.3 Å². The molecule has 4 N–H and O–H groups in total. The number of rotatable bonds is 4. The lowest BCUT2D eigenvalue weighted by Crippen LogP contribution is -2.54. The van der Waals surface area contributed by atoms with Gasteiger partial charge in [0, 0.05) is 31.5 Å². The third kappa shape index (κ3) is 3.28. The van der Waals surface area contributed by atoms with Gasteiger partial charge in [0.25, 0.3) is 5.91 Å². The average molecular weight is 265 g/mol. The van der Waals surface area contributed by atoms with Gasteiger partial charge in [-0.2, -0.15) is 0 Å². The summed E-state index contributed by atoms with van der Waals surface area (Å²) < 4.78 is 5.26. The van der Waals surface area contributed by atoms with E-state index < -0.39 is 5.54 Å². The largest absolute Gasteiger partial charge is 0.394 e. The predicted molar refractivity (Wildman–Crippen MR) is 69.5 cm³/mol. The van der Waals surface area contributed by atoms with Gasteiger partial charge in [-0.05, 0) is 25.0 Å². The number of hydrogen-bond donors (Lipinski definition) is 3. The Morgan fingerprint density at radius 2 is 2.26 bits per heavy atom. The molecule has 19 heavy (non-hydrogen) atoms. The Kier molecular flexibility index (Phi) is 4.47. The average Bonchev–Trinajstić information content (AvgIpc) is 2.48. The fourth-order valence-electron chi connectivity index (χ4n) is 2.13. The van der Waals surface area contributed by atoms with E-state index in [9.17, 15) is 9.90 Å². The number of ether oxygens (including phenoxy) is 1. The van der Waals surface area contributed by atoms with Crippen LogP contribution in [-0.2, 0) is 11.3 Å². The van der Waals surface area contributed by atoms with E-state index in [0.29, 0.717) is 43.9 Å². The van der Waals surface area contributed by atoms with Gasteiger partial charge in [-0.3, -0.25) is 9.78 Å². The first-order valence-electron chi connectivity index (χ1n) is 6.35. The van der Waals surface area contributed by atoms with Crippen molar-refractivity contribution < 1.29 is 14.6 Å². The summed E-state index contributed by atoms with van der Waals surface area (Å²) in [5.74, 6) is -0.215. The third-order valence-corrected chi connectivity index (χ3v) is 3.42. The molecule has 1 aromatic rings. The van der Waals surface area contributed by atoms with Crippen molar-refractivity contribution in [3.05, 3.63) is 29.6 Å². The first kappa shape index (κ1) is 13.9. The van der Waals surface area contributed by atoms with E-state index in [1.54, 1.807) is 18.3 Å². The number of nitrogens with zero attached hydrogens (tertiary/aromatic N) is 1. The second-order valence-corrected chi connectivity index (χ2v) is 4.74. The summed E-state index contributed by atoms with van der Waals surface area (Å²) in [4.78, 5) is 16.3. The van der Waals surface area contributed by atoms with Gasteiger partial charge in [0.1, 0.15) is 0 Å². The molecule has 0 atom stereocenters. The van der Waals surface area contributed by atoms with Crippen molar-refractivity contribution in [2.24, 2.45) is 5.73 Å². The van der Waals surface area contributed by atoms with Crippen LogP contribution in [-0.4, -0.2) is 41.4 Å². The quantitative estimate of drug-likeness (QED) is 0.701. The molecule has 0 aromatic carbocycles. The Hall–Kier alpha value is -1.50. The van der Waals surface area contributed by atoms with Crippen molar-refractivity contribution in [2.45, 2.75) is 24.9 Å². The lowest BCUT2D eigenvalue weighted by Gasteiger charge is -2.36. The molecule has 6 nitrogen and oxygen atoms in total. The van der Waals surface area contributed by atoms with Crippen molar-refractivity contribution in [1.29, 1.82) is 0 Å². The van der Waals surface area contributed by atoms with Gasteiger partial charge in [0.2, 0.25) is 0 Å². The molecule has 1 aromatic heterocycles. The molecule has 6 heteroatoms. The minimum Gasteiger partial charge on any atom is -0.394 e. The highest BCUT2D eigenvalue weighted by atomic mass is 16.5. The van der Waals surface area contributed by atoms with Crippen molar-refractivity contribution in [3.63, 3.8) is 0 Å². The minimum atomic E-state index is -0.582. The van der Waals surface area contributed by atoms with Crippen LogP contribution in [0, 0.1) is 0 Å². The first-order valence-corrected chi connectivity index (χ1v) is 6.35. The van der Waals surface area contributed by atoms with Gasteiger partial charge >= 0.3 is 0 Å². The van der Waals surface area contributed by atoms with Crippen molar-refractivity contribution in [3.8, 4) is 0 Å². The van der Waals surface area contributed by atoms with E-state index in [1.807, 2.05) is 0 Å². The molecule has 1 aliphatic heterocycles. The second-order valence-electron chi connectivity index (χ2n) is 4.74. The first-order chi connectivity index (χ1) is 9.19. The molecule has 2 rings (SSSR count). The molecule has 0 aliphatic carbocycles. The SMILES string of the molecule is NCc1cc(C(=O)NC2(CO)CCOCC2)ccn1. The summed E-state index contributed by atoms with van der Waals surface area (Å²) >= 11 is 0. The number of aromatic nitrogens is 1. The highest BCUT2D eigenvalue weighted by molar-refractivity contribution is 5.94. The highest BCUT2D eigenvalue weighted by Crippen LogP contribution is 2.20. The van der Waals surface area contributed by atoms with Crippen LogP contribution in [0.1, 0.15) is 28.9 Å². The number of amides is 1. The Labute approximate surface area is 112 Å². The molecule has 0 radical (unpaired) electrons. The van der Waals surface area contributed by atoms with E-state index in [-0.39, 0.29) is 12.5 Å². The van der Waals surface area contributed by atoms with Crippen LogP contribution in [0.3, 0.4) is 0 Å². The lowest BCUT2D eigenvalue weighted by atomic mass is 9.90. The maximum absolute atomic E-state index is 12.2. The minimum absolute atomic E-state index is 0.0864. The number of aliphatic hydroxyl groups is 1. The number of nitrogens with one attached hydrogen (secondary N) is 1. The van der Waals surface area contributed by atoms with Gasteiger partial charge in [0.15, 0.2) is 0 Å². The van der Waals surface area contributed by atoms with Crippen LogP contribution < -0.4 is 11.1 Å². The van der Waals surface area contributed by atoms with Crippen molar-refractivity contribution in [1.82, 2.24) is 10.3 Å². The molecule has 0 unspecified atom stereocenters. The van der Waals surface area contributed by atoms with E-state index >= 15 is 0 Å². The normalized spacial score (nSPS) is 18.0. The third-order valence-electron chi connectivity index (χ3n) is 3.42. The highest BCUT2D eigenvalue weighted by Gasteiger charge is 2.33. The molecule has 2 heterocycles. The summed E-state index contributed by atoms with van der Waals surface area (Å²) in [7, 11) is 0. The smallest absolute Gasteiger partial charge is 0.251 e. The Balaban J connectivity index is 2.10. The van der Waals surface area contributed by atoms with Crippen molar-refractivity contribution >= 4 is 5.91 Å². The van der Waals surface area contributed by atoms with Crippen LogP contribution in [0.5, 0.6) is 0 Å². The molecule has 0 bridgehead atoms. The standard InChI is InChI=1S/C13H19N3O3/c14-8-11-7-10(1-4-15-11)12(18)16-13(9-17)2-5-19-6-3-13/h1,4,7,17H,2-3,5-6,8-9,14H2,(H,16,18). The predicted octanol–water partition coefficient (Wildman–Crippen LogP) is -0.188. The molecule has 1 fully saturated rings. The maximum Gasteiger partial charge on any atom is 0.251 e. The monoisotopic (exact) mass is 265 g/mol. The zero-order chi connectivity index (χ0) is 13.7. The summed E-state index contributed by atoms with van der Waals surface area (Å²) in [5, 5.41) is 12.4. The van der Waals surface area contributed by atoms with Gasteiger partial charge in [-0.25, -0.2) is 0 Å². The molecule has 1 aliphatic rings. The van der Waals surface area contributed by atoms with Gasteiger partial charge in [-0.1, -0.05) is 0 Å². The number of carbonyl (C=O) groups excluding carboxylic acids is 1. The summed E-state index contributed by atoms with van der Waals surface area (Å²) in [6.07, 6.45) is 2.79. The summed E-state index contributed by atoms with van der Waals surface area (Å²) in [5.41, 5.74) is 6.10. The Bertz CT molecular complexity index is 445. The van der Waals surface area contributed by atoms with Gasteiger partial charge < -0.3 is 20.9 Å². The molecule has 1 saturated heterocycles. The van der Waals surface area contributed by atoms with E-state index in [0.717, 1.165) is 0 Å². The topological polar surface area (TPSA) is 97.5 Å². The zero-order valence-corrected chi connectivity index (χ0v) is 10.8. The van der Waals surface area contributed by atoms with E-state index in [4.69, 9.17) is 10.5 Å². The summed E-state index contributed by atoms with van der Waals surface area (Å²) in [6, 6.07) is 3.30. The van der Waals surface area contributed by atoms with Crippen LogP contribution in [0.4, 0.5) is 0 Å². The molecule has 1 amide bonds. The van der Waals surface area contributed by atoms with Gasteiger partial charge in [-0.15, -0.1) is 0 Å². The number of nitrogens with two attached hydrogens (primary N) is 1. The Morgan fingerprint density at radius 1 is 1.53 bits per heavy atom. The van der Waals surface area contributed by atoms with Crippen LogP contribution in [0.15, 0.2) is 18.3 Å². The number of pyridine rings is 1. The summed E-state index contributed by atoms with van der Waals surface area (Å²) in [6.45, 7) is 1.30. The van der Waals surface area contributed by atoms with E-state index in [1.165, 1.54) is 0 Å². The molecular weight excluding hydrogens is 246 g/mol. The van der Waals surface area contributed by atoms with Crippen LogP contribution in [0.2, 0.25) is 0 Å². The molecular formula is C13H19N3O3. The van der Waals surface area contributed by atoms with Crippen LogP contribution in [0.25, 0.3) is 0 Å². The number of carbonyl (C=O) groups is 1.